The maximum absolute atomic E-state index is 9.77. The van der Waals surface area contributed by atoms with Crippen LogP contribution in [0.15, 0.2) is 24.3 Å². The SMILES string of the molecule is NCCCc1ccccc1O.O=C(O)[C@@H](O)[C@H](O)C(=O)O. The predicted molar refractivity (Wildman–Crippen MR) is 72.8 cm³/mol. The Morgan fingerprint density at radius 2 is 1.52 bits per heavy atom. The number of carboxylic acid groups (broad SMARTS) is 2. The van der Waals surface area contributed by atoms with Crippen LogP contribution in [0.3, 0.4) is 0 Å². The molecule has 8 nitrogen and oxygen atoms in total. The topological polar surface area (TPSA) is 161 Å². The van der Waals surface area contributed by atoms with Crippen LogP contribution in [0, 0.1) is 0 Å². The Balaban J connectivity index is 0.000000384. The number of aliphatic hydroxyl groups is 2. The van der Waals surface area contributed by atoms with E-state index in [1.807, 2.05) is 18.2 Å². The van der Waals surface area contributed by atoms with E-state index in [4.69, 9.17) is 26.2 Å². The van der Waals surface area contributed by atoms with Crippen molar-refractivity contribution in [2.45, 2.75) is 25.0 Å². The van der Waals surface area contributed by atoms with E-state index in [1.165, 1.54) is 0 Å². The van der Waals surface area contributed by atoms with Crippen molar-refractivity contribution in [1.29, 1.82) is 0 Å². The third-order valence-electron chi connectivity index (χ3n) is 2.45. The molecule has 0 bridgehead atoms. The molecule has 7 N–H and O–H groups in total. The van der Waals surface area contributed by atoms with E-state index >= 15 is 0 Å². The second kappa shape index (κ2) is 9.70. The number of nitrogens with two attached hydrogens (primary N) is 1. The molecule has 0 heterocycles. The number of para-hydroxylation sites is 1. The van der Waals surface area contributed by atoms with Crippen molar-refractivity contribution in [2.24, 2.45) is 5.73 Å². The number of benzene rings is 1. The first-order valence-electron chi connectivity index (χ1n) is 6.10. The highest BCUT2D eigenvalue weighted by atomic mass is 16.4. The molecule has 1 rings (SSSR count). The van der Waals surface area contributed by atoms with E-state index in [2.05, 4.69) is 0 Å². The van der Waals surface area contributed by atoms with Crippen LogP contribution in [-0.4, -0.2) is 56.2 Å². The number of rotatable bonds is 6. The Bertz CT molecular complexity index is 446. The predicted octanol–water partition coefficient (Wildman–Crippen LogP) is -0.839. The molecular weight excluding hydrogens is 282 g/mol. The molecule has 0 fully saturated rings. The number of carboxylic acids is 2. The van der Waals surface area contributed by atoms with Gasteiger partial charge in [0.25, 0.3) is 0 Å². The lowest BCUT2D eigenvalue weighted by Crippen LogP contribution is -2.39. The van der Waals surface area contributed by atoms with Gasteiger partial charge in [-0.05, 0) is 31.0 Å². The monoisotopic (exact) mass is 301 g/mol. The Morgan fingerprint density at radius 3 is 1.90 bits per heavy atom. The molecule has 0 aromatic heterocycles. The molecule has 0 radical (unpaired) electrons. The molecule has 118 valence electrons. The number of aliphatic hydroxyl groups excluding tert-OH is 2. The molecular formula is C13H19NO7. The molecule has 21 heavy (non-hydrogen) atoms. The smallest absolute Gasteiger partial charge is 0.335 e. The van der Waals surface area contributed by atoms with Crippen LogP contribution in [0.4, 0.5) is 0 Å². The number of aromatic hydroxyl groups is 1. The first-order chi connectivity index (χ1) is 9.81. The fourth-order valence-corrected chi connectivity index (χ4v) is 1.28. The molecule has 0 saturated carbocycles. The van der Waals surface area contributed by atoms with Crippen molar-refractivity contribution in [3.63, 3.8) is 0 Å². The lowest BCUT2D eigenvalue weighted by Gasteiger charge is -2.07. The standard InChI is InChI=1S/C9H13NO.C4H6O6/c10-7-3-5-8-4-1-2-6-9(8)11;5-1(3(7)8)2(6)4(9)10/h1-2,4,6,11H,3,5,7,10H2;1-2,5-6H,(H,7,8)(H,9,10)/t;1-,2-/m.0/s1. The van der Waals surface area contributed by atoms with Crippen LogP contribution in [0.1, 0.15) is 12.0 Å². The van der Waals surface area contributed by atoms with Crippen molar-refractivity contribution in [3.8, 4) is 5.75 Å². The molecule has 0 spiro atoms. The van der Waals surface area contributed by atoms with Gasteiger partial charge >= 0.3 is 11.9 Å². The molecule has 0 unspecified atom stereocenters. The Kier molecular flexibility index (Phi) is 8.70. The van der Waals surface area contributed by atoms with Crippen molar-refractivity contribution in [3.05, 3.63) is 29.8 Å². The highest BCUT2D eigenvalue weighted by molar-refractivity contribution is 5.83. The summed E-state index contributed by atoms with van der Waals surface area (Å²) in [5.74, 6) is -3.16. The number of phenolic OH excluding ortho intramolecular Hbond substituents is 1. The van der Waals surface area contributed by atoms with Gasteiger partial charge in [-0.3, -0.25) is 0 Å². The van der Waals surface area contributed by atoms with Gasteiger partial charge in [-0.15, -0.1) is 0 Å². The van der Waals surface area contributed by atoms with E-state index in [0.29, 0.717) is 12.3 Å². The van der Waals surface area contributed by atoms with Gasteiger partial charge in [-0.1, -0.05) is 18.2 Å². The van der Waals surface area contributed by atoms with Crippen LogP contribution in [0.5, 0.6) is 5.75 Å². The summed E-state index contributed by atoms with van der Waals surface area (Å²) in [7, 11) is 0. The third-order valence-corrected chi connectivity index (χ3v) is 2.45. The number of carbonyl (C=O) groups is 2. The third kappa shape index (κ3) is 7.25. The molecule has 1 aromatic carbocycles. The minimum Gasteiger partial charge on any atom is -0.508 e. The van der Waals surface area contributed by atoms with Gasteiger partial charge in [0.1, 0.15) is 5.75 Å². The lowest BCUT2D eigenvalue weighted by atomic mass is 10.1. The largest absolute Gasteiger partial charge is 0.508 e. The van der Waals surface area contributed by atoms with Crippen LogP contribution in [0.25, 0.3) is 0 Å². The van der Waals surface area contributed by atoms with Gasteiger partial charge in [0.15, 0.2) is 12.2 Å². The Morgan fingerprint density at radius 1 is 1.05 bits per heavy atom. The second-order valence-electron chi connectivity index (χ2n) is 4.09. The fourth-order valence-electron chi connectivity index (χ4n) is 1.28. The molecule has 8 heteroatoms. The molecule has 0 aliphatic carbocycles. The minimum atomic E-state index is -2.27. The Labute approximate surface area is 121 Å². The van der Waals surface area contributed by atoms with Crippen molar-refractivity contribution < 1.29 is 35.1 Å². The molecule has 1 aromatic rings. The summed E-state index contributed by atoms with van der Waals surface area (Å²) >= 11 is 0. The summed E-state index contributed by atoms with van der Waals surface area (Å²) < 4.78 is 0. The summed E-state index contributed by atoms with van der Waals surface area (Å²) in [6.45, 7) is 0.675. The van der Waals surface area contributed by atoms with Gasteiger partial charge in [0, 0.05) is 0 Å². The summed E-state index contributed by atoms with van der Waals surface area (Å²) in [4.78, 5) is 19.5. The second-order valence-corrected chi connectivity index (χ2v) is 4.09. The zero-order chi connectivity index (χ0) is 16.4. The number of aliphatic carboxylic acids is 2. The van der Waals surface area contributed by atoms with E-state index in [9.17, 15) is 14.7 Å². The van der Waals surface area contributed by atoms with Crippen LogP contribution in [-0.2, 0) is 16.0 Å². The van der Waals surface area contributed by atoms with Gasteiger partial charge < -0.3 is 31.3 Å². The number of aryl methyl sites for hydroxylation is 1. The fraction of sp³-hybridized carbons (Fsp3) is 0.385. The van der Waals surface area contributed by atoms with Gasteiger partial charge in [-0.2, -0.15) is 0 Å². The maximum atomic E-state index is 9.77. The molecule has 0 saturated heterocycles. The van der Waals surface area contributed by atoms with Crippen molar-refractivity contribution >= 4 is 11.9 Å². The van der Waals surface area contributed by atoms with Crippen molar-refractivity contribution in [2.75, 3.05) is 6.54 Å². The number of hydrogen-bond donors (Lipinski definition) is 6. The average Bonchev–Trinajstić information content (AvgIpc) is 2.45. The first kappa shape index (κ1) is 18.8. The van der Waals surface area contributed by atoms with Crippen molar-refractivity contribution in [1.82, 2.24) is 0 Å². The number of hydrogen-bond acceptors (Lipinski definition) is 6. The van der Waals surface area contributed by atoms with E-state index in [-0.39, 0.29) is 0 Å². The quantitative estimate of drug-likeness (QED) is 0.396. The zero-order valence-corrected chi connectivity index (χ0v) is 11.2. The maximum Gasteiger partial charge on any atom is 0.335 e. The summed E-state index contributed by atoms with van der Waals surface area (Å²) in [5, 5.41) is 41.8. The summed E-state index contributed by atoms with van der Waals surface area (Å²) in [6, 6.07) is 7.36. The molecule has 0 amide bonds. The zero-order valence-electron chi connectivity index (χ0n) is 11.2. The van der Waals surface area contributed by atoms with Crippen LogP contribution >= 0.6 is 0 Å². The van der Waals surface area contributed by atoms with E-state index < -0.39 is 24.1 Å². The molecule has 0 aliphatic rings. The average molecular weight is 301 g/mol. The van der Waals surface area contributed by atoms with Crippen LogP contribution < -0.4 is 5.73 Å². The van der Waals surface area contributed by atoms with Crippen LogP contribution in [0.2, 0.25) is 0 Å². The van der Waals surface area contributed by atoms with Gasteiger partial charge in [0.05, 0.1) is 0 Å². The summed E-state index contributed by atoms with van der Waals surface area (Å²) in [6.07, 6.45) is -2.74. The van der Waals surface area contributed by atoms with Gasteiger partial charge in [-0.25, -0.2) is 9.59 Å². The summed E-state index contributed by atoms with van der Waals surface area (Å²) in [5.41, 5.74) is 6.33. The Hall–Kier alpha value is -2.16. The molecule has 2 atom stereocenters. The lowest BCUT2D eigenvalue weighted by molar-refractivity contribution is -0.165. The minimum absolute atomic E-state index is 0.376. The van der Waals surface area contributed by atoms with Gasteiger partial charge in [0.2, 0.25) is 0 Å². The highest BCUT2D eigenvalue weighted by Gasteiger charge is 2.29. The highest BCUT2D eigenvalue weighted by Crippen LogP contribution is 2.16. The van der Waals surface area contributed by atoms with E-state index in [0.717, 1.165) is 18.4 Å². The number of phenols is 1. The normalized spacial score (nSPS) is 12.7. The van der Waals surface area contributed by atoms with E-state index in [1.54, 1.807) is 6.07 Å². The molecule has 0 aliphatic heterocycles. The first-order valence-corrected chi connectivity index (χ1v) is 6.10.